The van der Waals surface area contributed by atoms with Gasteiger partial charge in [0, 0.05) is 17.7 Å². The van der Waals surface area contributed by atoms with Crippen LogP contribution in [-0.2, 0) is 10.5 Å². The van der Waals surface area contributed by atoms with E-state index in [9.17, 15) is 4.79 Å². The molecule has 36 heavy (non-hydrogen) atoms. The van der Waals surface area contributed by atoms with Gasteiger partial charge in [-0.05, 0) is 48.8 Å². The molecule has 0 aliphatic carbocycles. The number of nitriles is 1. The average molecular weight is 504 g/mol. The Balaban J connectivity index is 0.000000686. The van der Waals surface area contributed by atoms with Crippen LogP contribution in [0.4, 0.5) is 0 Å². The van der Waals surface area contributed by atoms with Gasteiger partial charge in [0.05, 0.1) is 0 Å². The molecule has 1 radical (unpaired) electrons. The molecule has 1 atom stereocenters. The van der Waals surface area contributed by atoms with E-state index in [2.05, 4.69) is 25.0 Å². The van der Waals surface area contributed by atoms with Gasteiger partial charge < -0.3 is 9.96 Å². The molecule has 2 aromatic rings. The molecule has 0 amide bonds. The Bertz CT molecular complexity index is 965. The van der Waals surface area contributed by atoms with Crippen LogP contribution in [0.5, 0.6) is 11.5 Å². The van der Waals surface area contributed by atoms with Crippen molar-refractivity contribution in [3.63, 3.8) is 0 Å². The van der Waals surface area contributed by atoms with E-state index in [0.717, 1.165) is 41.2 Å². The van der Waals surface area contributed by atoms with Gasteiger partial charge in [-0.25, -0.2) is 0 Å². The molecule has 0 heterocycles. The van der Waals surface area contributed by atoms with Crippen LogP contribution >= 0.6 is 11.8 Å². The van der Waals surface area contributed by atoms with Crippen molar-refractivity contribution in [1.29, 1.82) is 5.26 Å². The third kappa shape index (κ3) is 16.5. The Labute approximate surface area is 224 Å². The van der Waals surface area contributed by atoms with Crippen LogP contribution in [0.2, 0.25) is 5.82 Å². The molecular weight excluding hydrogens is 463 g/mol. The lowest BCUT2D eigenvalue weighted by atomic mass is 9.71. The summed E-state index contributed by atoms with van der Waals surface area (Å²) < 4.78 is 5.91. The first-order valence-electron chi connectivity index (χ1n) is 12.4. The Kier molecular flexibility index (Phi) is 20.5. The summed E-state index contributed by atoms with van der Waals surface area (Å²) in [6.07, 6.45) is 12.3. The summed E-state index contributed by atoms with van der Waals surface area (Å²) in [5.41, 5.74) is 1.89. The minimum atomic E-state index is 0.108. The van der Waals surface area contributed by atoms with Gasteiger partial charge in [-0.15, -0.1) is 24.1 Å². The molecule has 4 nitrogen and oxygen atoms in total. The van der Waals surface area contributed by atoms with E-state index in [4.69, 9.17) is 16.4 Å². The van der Waals surface area contributed by atoms with Gasteiger partial charge in [0.15, 0.2) is 12.0 Å². The summed E-state index contributed by atoms with van der Waals surface area (Å²) in [5, 5.41) is 12.7. The first kappa shape index (κ1) is 32.9. The predicted octanol–water partition coefficient (Wildman–Crippen LogP) is 8.30. The minimum Gasteiger partial charge on any atom is -0.457 e. The SMILES string of the molecule is C#CCC.CC(=O)/C(C)=C/SCc1ccccc1Oc1ccccc1.CCCCC([B]NC#N)CC. The molecule has 0 aliphatic heterocycles. The molecule has 0 bridgehead atoms. The fourth-order valence-corrected chi connectivity index (χ4v) is 3.62. The third-order valence-electron chi connectivity index (χ3n) is 5.04. The largest absolute Gasteiger partial charge is 0.457 e. The van der Waals surface area contributed by atoms with Crippen molar-refractivity contribution < 1.29 is 9.53 Å². The number of Topliss-reactive ketones (excluding diaryl/α,β-unsaturated/α-hetero) is 1. The average Bonchev–Trinajstić information content (AvgIpc) is 2.91. The zero-order valence-corrected chi connectivity index (χ0v) is 23.2. The fourth-order valence-electron chi connectivity index (χ4n) is 2.70. The fraction of sp³-hybridized carbons (Fsp3) is 0.400. The number of allylic oxidation sites excluding steroid dienone is 1. The van der Waals surface area contributed by atoms with Crippen molar-refractivity contribution in [2.24, 2.45) is 0 Å². The Morgan fingerprint density at radius 2 is 1.78 bits per heavy atom. The van der Waals surface area contributed by atoms with E-state index in [0.29, 0.717) is 5.82 Å². The second kappa shape index (κ2) is 22.4. The molecule has 0 aromatic heterocycles. The summed E-state index contributed by atoms with van der Waals surface area (Å²) >= 11 is 1.60. The van der Waals surface area contributed by atoms with E-state index >= 15 is 0 Å². The summed E-state index contributed by atoms with van der Waals surface area (Å²) in [7, 11) is 1.90. The predicted molar refractivity (Wildman–Crippen MR) is 156 cm³/mol. The van der Waals surface area contributed by atoms with Crippen LogP contribution < -0.4 is 9.96 Å². The highest BCUT2D eigenvalue weighted by molar-refractivity contribution is 8.01. The normalized spacial score (nSPS) is 10.7. The first-order chi connectivity index (χ1) is 17.4. The summed E-state index contributed by atoms with van der Waals surface area (Å²) in [4.78, 5) is 11.2. The second-order valence-corrected chi connectivity index (χ2v) is 8.84. The molecule has 1 N–H and O–H groups in total. The number of terminal acetylenes is 1. The van der Waals surface area contributed by atoms with E-state index < -0.39 is 0 Å². The second-order valence-electron chi connectivity index (χ2n) is 7.98. The number of benzene rings is 2. The standard InChI is InChI=1S/C18H18O2S.C8H16BN2.C4H6/c1-14(15(2)19)12-21-13-16-8-6-7-11-18(16)20-17-9-4-3-5-10-17;1-3-5-6-8(4-2)9-11-7-10;1-3-4-2/h3-12H,13H2,1-2H3;8,11H,3-6H2,1-2H3;1H,4H2,2H3/b14-12+;;. The quantitative estimate of drug-likeness (QED) is 0.104. The van der Waals surface area contributed by atoms with Crippen molar-refractivity contribution in [2.75, 3.05) is 0 Å². The van der Waals surface area contributed by atoms with Crippen molar-refractivity contribution >= 4 is 25.0 Å². The molecule has 0 spiro atoms. The molecular formula is C30H40BN2O2S. The van der Waals surface area contributed by atoms with Gasteiger partial charge in [-0.2, -0.15) is 5.26 Å². The lowest BCUT2D eigenvalue weighted by Gasteiger charge is -2.10. The summed E-state index contributed by atoms with van der Waals surface area (Å²) in [5.74, 6) is 5.55. The number of hydrogen-bond donors (Lipinski definition) is 1. The number of thioether (sulfide) groups is 1. The van der Waals surface area contributed by atoms with Crippen LogP contribution in [0.3, 0.4) is 0 Å². The molecule has 1 unspecified atom stereocenters. The Morgan fingerprint density at radius 1 is 1.14 bits per heavy atom. The van der Waals surface area contributed by atoms with Gasteiger partial charge in [-0.1, -0.05) is 82.9 Å². The number of carbonyl (C=O) groups excluding carboxylic acids is 1. The van der Waals surface area contributed by atoms with Gasteiger partial charge >= 0.3 is 0 Å². The van der Waals surface area contributed by atoms with E-state index in [-0.39, 0.29) is 5.78 Å². The van der Waals surface area contributed by atoms with Crippen LogP contribution in [0.1, 0.15) is 72.3 Å². The molecule has 191 valence electrons. The number of nitrogens with zero attached hydrogens (tertiary/aromatic N) is 1. The number of nitrogens with one attached hydrogen (secondary N) is 1. The highest BCUT2D eigenvalue weighted by atomic mass is 32.2. The zero-order valence-electron chi connectivity index (χ0n) is 22.4. The van der Waals surface area contributed by atoms with Gasteiger partial charge in [0.25, 0.3) is 7.41 Å². The minimum absolute atomic E-state index is 0.108. The molecule has 0 aliphatic rings. The summed E-state index contributed by atoms with van der Waals surface area (Å²) in [6.45, 7) is 9.70. The van der Waals surface area contributed by atoms with Gasteiger partial charge in [-0.3, -0.25) is 4.79 Å². The number of unbranched alkanes of at least 4 members (excludes halogenated alkanes) is 1. The maximum absolute atomic E-state index is 11.2. The van der Waals surface area contributed by atoms with E-state index in [1.54, 1.807) is 18.7 Å². The van der Waals surface area contributed by atoms with Crippen molar-refractivity contribution in [3.05, 3.63) is 71.1 Å². The topological polar surface area (TPSA) is 62.1 Å². The molecule has 0 fully saturated rings. The molecule has 2 rings (SSSR count). The van der Waals surface area contributed by atoms with Gasteiger partial charge in [0.1, 0.15) is 11.5 Å². The molecule has 6 heteroatoms. The first-order valence-corrected chi connectivity index (χ1v) is 13.5. The highest BCUT2D eigenvalue weighted by Gasteiger charge is 2.06. The molecule has 2 aromatic carbocycles. The number of rotatable bonds is 12. The number of para-hydroxylation sites is 2. The number of ether oxygens (including phenoxy) is 1. The smallest absolute Gasteiger partial charge is 0.258 e. The van der Waals surface area contributed by atoms with E-state index in [1.165, 1.54) is 19.3 Å². The Hall–Kier alpha value is -3.09. The van der Waals surface area contributed by atoms with Gasteiger partial charge in [0.2, 0.25) is 0 Å². The van der Waals surface area contributed by atoms with Crippen LogP contribution in [0.25, 0.3) is 0 Å². The maximum atomic E-state index is 11.2. The number of hydrogen-bond acceptors (Lipinski definition) is 5. The van der Waals surface area contributed by atoms with E-state index in [1.807, 2.05) is 87.5 Å². The van der Waals surface area contributed by atoms with Crippen LogP contribution in [-0.4, -0.2) is 13.2 Å². The number of ketones is 1. The van der Waals surface area contributed by atoms with Crippen LogP contribution in [0.15, 0.2) is 65.6 Å². The number of carbonyl (C=O) groups is 1. The monoisotopic (exact) mass is 503 g/mol. The lowest BCUT2D eigenvalue weighted by Crippen LogP contribution is -2.18. The third-order valence-corrected chi connectivity index (χ3v) is 6.04. The Morgan fingerprint density at radius 3 is 2.33 bits per heavy atom. The van der Waals surface area contributed by atoms with Crippen molar-refractivity contribution in [3.8, 4) is 30.0 Å². The molecule has 0 saturated heterocycles. The maximum Gasteiger partial charge on any atom is 0.258 e. The van der Waals surface area contributed by atoms with Crippen LogP contribution in [0, 0.1) is 23.8 Å². The summed E-state index contributed by atoms with van der Waals surface area (Å²) in [6, 6.07) is 17.7. The van der Waals surface area contributed by atoms with Crippen molar-refractivity contribution in [1.82, 2.24) is 5.23 Å². The molecule has 0 saturated carbocycles. The zero-order chi connectivity index (χ0) is 27.0. The van der Waals surface area contributed by atoms with Crippen molar-refractivity contribution in [2.45, 2.75) is 78.3 Å². The highest BCUT2D eigenvalue weighted by Crippen LogP contribution is 2.28. The lowest BCUT2D eigenvalue weighted by molar-refractivity contribution is -0.113.